The van der Waals surface area contributed by atoms with Crippen molar-refractivity contribution in [2.45, 2.75) is 70.1 Å². The topological polar surface area (TPSA) is 204 Å². The SMILES string of the molecule is CC(C)CC(NC(=O)C(Cc1c[nH]c2ccccc12)NC(=O)C(N)CCC(=O)O)C(=O)NC(Cc1ccccc1)C(=O)O. The zero-order chi connectivity index (χ0) is 31.5. The van der Waals surface area contributed by atoms with Gasteiger partial charge in [0.1, 0.15) is 18.1 Å². The summed E-state index contributed by atoms with van der Waals surface area (Å²) < 4.78 is 0. The maximum Gasteiger partial charge on any atom is 0.326 e. The number of rotatable bonds is 16. The Bertz CT molecular complexity index is 1420. The lowest BCUT2D eigenvalue weighted by Gasteiger charge is -2.26. The van der Waals surface area contributed by atoms with Crippen LogP contribution >= 0.6 is 0 Å². The molecule has 0 radical (unpaired) electrons. The molecule has 3 rings (SSSR count). The van der Waals surface area contributed by atoms with E-state index in [1.165, 1.54) is 0 Å². The lowest BCUT2D eigenvalue weighted by Crippen LogP contribution is -2.58. The molecule has 43 heavy (non-hydrogen) atoms. The fourth-order valence-corrected chi connectivity index (χ4v) is 4.72. The zero-order valence-corrected chi connectivity index (χ0v) is 24.2. The summed E-state index contributed by atoms with van der Waals surface area (Å²) in [4.78, 5) is 66.0. The minimum Gasteiger partial charge on any atom is -0.481 e. The Morgan fingerprint density at radius 3 is 2.05 bits per heavy atom. The van der Waals surface area contributed by atoms with E-state index < -0.39 is 53.8 Å². The summed E-state index contributed by atoms with van der Waals surface area (Å²) in [7, 11) is 0. The summed E-state index contributed by atoms with van der Waals surface area (Å²) in [5.41, 5.74) is 8.19. The minimum atomic E-state index is -1.23. The number of carbonyl (C=O) groups is 5. The number of hydrogen-bond acceptors (Lipinski definition) is 6. The summed E-state index contributed by atoms with van der Waals surface area (Å²) in [6.45, 7) is 3.72. The van der Waals surface area contributed by atoms with Gasteiger partial charge >= 0.3 is 11.9 Å². The van der Waals surface area contributed by atoms with Gasteiger partial charge in [0.05, 0.1) is 6.04 Å². The molecule has 4 unspecified atom stereocenters. The standard InChI is InChI=1S/C31H39N5O7/c1-18(2)14-24(29(40)36-26(31(42)43)15-19-8-4-3-5-9-19)35-30(41)25(34-28(39)22(32)12-13-27(37)38)16-20-17-33-23-11-7-6-10-21(20)23/h3-11,17-18,22,24-26,33H,12-16,32H2,1-2H3,(H,34,39)(H,35,41)(H,36,40)(H,37,38)(H,42,43). The number of H-pyrrole nitrogens is 1. The average molecular weight is 594 g/mol. The number of nitrogens with two attached hydrogens (primary N) is 1. The molecule has 0 spiro atoms. The van der Waals surface area contributed by atoms with E-state index in [2.05, 4.69) is 20.9 Å². The van der Waals surface area contributed by atoms with Crippen molar-refractivity contribution in [1.82, 2.24) is 20.9 Å². The van der Waals surface area contributed by atoms with Crippen molar-refractivity contribution >= 4 is 40.6 Å². The largest absolute Gasteiger partial charge is 0.481 e. The number of carboxylic acid groups (broad SMARTS) is 2. The van der Waals surface area contributed by atoms with Crippen LogP contribution in [0.1, 0.15) is 44.2 Å². The van der Waals surface area contributed by atoms with E-state index in [-0.39, 0.29) is 38.0 Å². The van der Waals surface area contributed by atoms with E-state index in [0.717, 1.165) is 22.0 Å². The second-order valence-corrected chi connectivity index (χ2v) is 10.9. The quantitative estimate of drug-likeness (QED) is 0.130. The molecule has 0 aliphatic carbocycles. The predicted molar refractivity (Wildman–Crippen MR) is 160 cm³/mol. The van der Waals surface area contributed by atoms with Gasteiger partial charge in [-0.3, -0.25) is 19.2 Å². The summed E-state index contributed by atoms with van der Waals surface area (Å²) in [5, 5.41) is 27.5. The number of carbonyl (C=O) groups excluding carboxylic acids is 3. The first-order valence-electron chi connectivity index (χ1n) is 14.1. The van der Waals surface area contributed by atoms with Crippen LogP contribution in [0.25, 0.3) is 10.9 Å². The second kappa shape index (κ2) is 15.5. The van der Waals surface area contributed by atoms with Gasteiger partial charge in [-0.2, -0.15) is 0 Å². The van der Waals surface area contributed by atoms with Crippen molar-refractivity contribution in [2.24, 2.45) is 11.7 Å². The number of aliphatic carboxylic acids is 2. The van der Waals surface area contributed by atoms with Crippen molar-refractivity contribution in [1.29, 1.82) is 0 Å². The Kier molecular flexibility index (Phi) is 11.8. The normalized spacial score (nSPS) is 14.0. The maximum absolute atomic E-state index is 13.7. The van der Waals surface area contributed by atoms with E-state index in [9.17, 15) is 29.1 Å². The molecule has 8 N–H and O–H groups in total. The Labute approximate surface area is 249 Å². The molecule has 0 aliphatic rings. The first-order valence-corrected chi connectivity index (χ1v) is 14.1. The average Bonchev–Trinajstić information content (AvgIpc) is 3.37. The highest BCUT2D eigenvalue weighted by Crippen LogP contribution is 2.19. The molecule has 3 aromatic rings. The zero-order valence-electron chi connectivity index (χ0n) is 24.2. The summed E-state index contributed by atoms with van der Waals surface area (Å²) in [5.74, 6) is -4.41. The van der Waals surface area contributed by atoms with Gasteiger partial charge in [0.2, 0.25) is 17.7 Å². The number of nitrogens with one attached hydrogen (secondary N) is 4. The van der Waals surface area contributed by atoms with Crippen LogP contribution in [-0.4, -0.2) is 69.0 Å². The third-order valence-electron chi connectivity index (χ3n) is 6.98. The number of fused-ring (bicyclic) bond motifs is 1. The fourth-order valence-electron chi connectivity index (χ4n) is 4.72. The highest BCUT2D eigenvalue weighted by atomic mass is 16.4. The maximum atomic E-state index is 13.7. The van der Waals surface area contributed by atoms with E-state index in [0.29, 0.717) is 0 Å². The van der Waals surface area contributed by atoms with Crippen LogP contribution in [0.15, 0.2) is 60.8 Å². The summed E-state index contributed by atoms with van der Waals surface area (Å²) in [6.07, 6.45) is 1.59. The lowest BCUT2D eigenvalue weighted by molar-refractivity contribution is -0.142. The van der Waals surface area contributed by atoms with Crippen molar-refractivity contribution in [2.75, 3.05) is 0 Å². The molecule has 1 aromatic heterocycles. The van der Waals surface area contributed by atoms with Crippen molar-refractivity contribution in [3.8, 4) is 0 Å². The van der Waals surface area contributed by atoms with Crippen LogP contribution in [0.2, 0.25) is 0 Å². The van der Waals surface area contributed by atoms with Gasteiger partial charge in [0.15, 0.2) is 0 Å². The predicted octanol–water partition coefficient (Wildman–Crippen LogP) is 1.73. The number of carboxylic acids is 2. The molecule has 0 fully saturated rings. The molecule has 0 saturated carbocycles. The number of hydrogen-bond donors (Lipinski definition) is 7. The van der Waals surface area contributed by atoms with Gasteiger partial charge < -0.3 is 36.9 Å². The smallest absolute Gasteiger partial charge is 0.326 e. The molecule has 0 bridgehead atoms. The van der Waals surface area contributed by atoms with E-state index in [1.807, 2.05) is 38.1 Å². The number of amides is 3. The lowest BCUT2D eigenvalue weighted by atomic mass is 9.99. The third kappa shape index (κ3) is 9.96. The van der Waals surface area contributed by atoms with Crippen LogP contribution in [0.3, 0.4) is 0 Å². The Morgan fingerprint density at radius 1 is 0.791 bits per heavy atom. The van der Waals surface area contributed by atoms with Crippen LogP contribution in [0.5, 0.6) is 0 Å². The molecular weight excluding hydrogens is 554 g/mol. The highest BCUT2D eigenvalue weighted by Gasteiger charge is 2.31. The van der Waals surface area contributed by atoms with Gasteiger partial charge in [0.25, 0.3) is 0 Å². The molecular formula is C31H39N5O7. The van der Waals surface area contributed by atoms with Gasteiger partial charge in [-0.25, -0.2) is 4.79 Å². The molecule has 12 heteroatoms. The van der Waals surface area contributed by atoms with Gasteiger partial charge in [0, 0.05) is 36.4 Å². The Morgan fingerprint density at radius 2 is 1.40 bits per heavy atom. The van der Waals surface area contributed by atoms with Crippen LogP contribution in [0, 0.1) is 5.92 Å². The van der Waals surface area contributed by atoms with Crippen LogP contribution < -0.4 is 21.7 Å². The van der Waals surface area contributed by atoms with Gasteiger partial charge in [-0.1, -0.05) is 62.4 Å². The fraction of sp³-hybridized carbons (Fsp3) is 0.387. The molecule has 2 aromatic carbocycles. The van der Waals surface area contributed by atoms with Crippen LogP contribution in [0.4, 0.5) is 0 Å². The third-order valence-corrected chi connectivity index (χ3v) is 6.98. The van der Waals surface area contributed by atoms with E-state index in [1.54, 1.807) is 36.5 Å². The molecule has 1 heterocycles. The van der Waals surface area contributed by atoms with Gasteiger partial charge in [-0.15, -0.1) is 0 Å². The highest BCUT2D eigenvalue weighted by molar-refractivity contribution is 5.95. The summed E-state index contributed by atoms with van der Waals surface area (Å²) in [6, 6.07) is 11.6. The van der Waals surface area contributed by atoms with Gasteiger partial charge in [-0.05, 0) is 36.0 Å². The Hall–Kier alpha value is -4.71. The number of para-hydroxylation sites is 1. The van der Waals surface area contributed by atoms with Crippen molar-refractivity contribution < 1.29 is 34.2 Å². The number of benzene rings is 2. The van der Waals surface area contributed by atoms with E-state index >= 15 is 0 Å². The van der Waals surface area contributed by atoms with Crippen LogP contribution in [-0.2, 0) is 36.8 Å². The first-order chi connectivity index (χ1) is 20.4. The van der Waals surface area contributed by atoms with Crippen molar-refractivity contribution in [3.63, 3.8) is 0 Å². The molecule has 12 nitrogen and oxygen atoms in total. The number of aromatic nitrogens is 1. The second-order valence-electron chi connectivity index (χ2n) is 10.9. The minimum absolute atomic E-state index is 0.0421. The summed E-state index contributed by atoms with van der Waals surface area (Å²) >= 11 is 0. The number of aromatic amines is 1. The molecule has 0 aliphatic heterocycles. The monoisotopic (exact) mass is 593 g/mol. The Balaban J connectivity index is 1.81. The molecule has 0 saturated heterocycles. The van der Waals surface area contributed by atoms with Crippen molar-refractivity contribution in [3.05, 3.63) is 71.9 Å². The van der Waals surface area contributed by atoms with E-state index in [4.69, 9.17) is 10.8 Å². The molecule has 4 atom stereocenters. The molecule has 3 amide bonds. The molecule has 230 valence electrons. The first kappa shape index (κ1) is 32.8.